The predicted octanol–water partition coefficient (Wildman–Crippen LogP) is 2.22. The van der Waals surface area contributed by atoms with E-state index in [9.17, 15) is 0 Å². The van der Waals surface area contributed by atoms with Gasteiger partial charge in [-0.2, -0.15) is 0 Å². The van der Waals surface area contributed by atoms with E-state index in [1.807, 2.05) is 32.2 Å². The van der Waals surface area contributed by atoms with Gasteiger partial charge in [0.25, 0.3) is 0 Å². The molecule has 0 aliphatic rings. The number of benzene rings is 1. The van der Waals surface area contributed by atoms with Gasteiger partial charge in [-0.15, -0.1) is 0 Å². The number of methoxy groups -OCH3 is 2. The smallest absolute Gasteiger partial charge is 0.161 e. The Morgan fingerprint density at radius 1 is 1.22 bits per heavy atom. The lowest BCUT2D eigenvalue weighted by atomic mass is 10.2. The van der Waals surface area contributed by atoms with Crippen molar-refractivity contribution < 1.29 is 14.2 Å². The summed E-state index contributed by atoms with van der Waals surface area (Å²) in [4.78, 5) is 0. The maximum Gasteiger partial charge on any atom is 0.161 e. The molecule has 0 fully saturated rings. The summed E-state index contributed by atoms with van der Waals surface area (Å²) >= 11 is 0. The minimum absolute atomic E-state index is 0.101. The highest BCUT2D eigenvalue weighted by atomic mass is 16.5. The van der Waals surface area contributed by atoms with Crippen molar-refractivity contribution in [3.63, 3.8) is 0 Å². The topological polar surface area (TPSA) is 39.7 Å². The standard InChI is InChI=1S/C14H23NO3/c1-11(7-8-16-3)18-14-9-12(10-15-2)5-6-13(14)17-4/h5-6,9,11,15H,7-8,10H2,1-4H3. The van der Waals surface area contributed by atoms with Crippen LogP contribution in [0.5, 0.6) is 11.5 Å². The Kier molecular flexibility index (Phi) is 6.54. The third kappa shape index (κ3) is 4.55. The van der Waals surface area contributed by atoms with Crippen LogP contribution in [0.15, 0.2) is 18.2 Å². The number of hydrogen-bond donors (Lipinski definition) is 1. The average molecular weight is 253 g/mol. The summed E-state index contributed by atoms with van der Waals surface area (Å²) in [6.07, 6.45) is 0.958. The minimum Gasteiger partial charge on any atom is -0.493 e. The monoisotopic (exact) mass is 253 g/mol. The molecule has 0 saturated heterocycles. The highest BCUT2D eigenvalue weighted by molar-refractivity contribution is 5.43. The normalized spacial score (nSPS) is 12.2. The maximum absolute atomic E-state index is 5.89. The van der Waals surface area contributed by atoms with Crippen LogP contribution in [0, 0.1) is 0 Å². The SMILES string of the molecule is CNCc1ccc(OC)c(OC(C)CCOC)c1. The molecule has 0 bridgehead atoms. The van der Waals surface area contributed by atoms with E-state index in [1.165, 1.54) is 5.56 Å². The van der Waals surface area contributed by atoms with Crippen molar-refractivity contribution >= 4 is 0 Å². The Morgan fingerprint density at radius 2 is 2.00 bits per heavy atom. The van der Waals surface area contributed by atoms with Crippen LogP contribution in [0.1, 0.15) is 18.9 Å². The Labute approximate surface area is 109 Å². The minimum atomic E-state index is 0.101. The van der Waals surface area contributed by atoms with Crippen molar-refractivity contribution in [1.82, 2.24) is 5.32 Å². The second kappa shape index (κ2) is 7.95. The van der Waals surface area contributed by atoms with Gasteiger partial charge in [-0.25, -0.2) is 0 Å². The summed E-state index contributed by atoms with van der Waals surface area (Å²) in [7, 11) is 5.27. The van der Waals surface area contributed by atoms with Crippen molar-refractivity contribution in [1.29, 1.82) is 0 Å². The van der Waals surface area contributed by atoms with Crippen LogP contribution < -0.4 is 14.8 Å². The van der Waals surface area contributed by atoms with Gasteiger partial charge in [-0.05, 0) is 31.7 Å². The summed E-state index contributed by atoms with van der Waals surface area (Å²) in [5.74, 6) is 1.55. The summed E-state index contributed by atoms with van der Waals surface area (Å²) in [5.41, 5.74) is 1.17. The molecule has 1 N–H and O–H groups in total. The zero-order chi connectivity index (χ0) is 13.4. The van der Waals surface area contributed by atoms with E-state index >= 15 is 0 Å². The molecule has 0 saturated carbocycles. The largest absolute Gasteiger partial charge is 0.493 e. The first-order valence-electron chi connectivity index (χ1n) is 6.18. The molecule has 1 atom stereocenters. The van der Waals surface area contributed by atoms with E-state index in [2.05, 4.69) is 5.32 Å². The molecule has 1 unspecified atom stereocenters. The molecule has 0 aliphatic carbocycles. The van der Waals surface area contributed by atoms with Crippen LogP contribution in [0.25, 0.3) is 0 Å². The van der Waals surface area contributed by atoms with E-state index in [0.29, 0.717) is 6.61 Å². The van der Waals surface area contributed by atoms with Crippen molar-refractivity contribution in [3.8, 4) is 11.5 Å². The molecule has 0 amide bonds. The molecule has 102 valence electrons. The third-order valence-corrected chi connectivity index (χ3v) is 2.67. The number of nitrogens with one attached hydrogen (secondary N) is 1. The van der Waals surface area contributed by atoms with Crippen molar-refractivity contribution in [2.45, 2.75) is 26.0 Å². The quantitative estimate of drug-likeness (QED) is 0.771. The third-order valence-electron chi connectivity index (χ3n) is 2.67. The molecular weight excluding hydrogens is 230 g/mol. The molecule has 4 nitrogen and oxygen atoms in total. The van der Waals surface area contributed by atoms with Gasteiger partial charge in [0.2, 0.25) is 0 Å². The van der Waals surface area contributed by atoms with Gasteiger partial charge >= 0.3 is 0 Å². The van der Waals surface area contributed by atoms with Gasteiger partial charge in [0.05, 0.1) is 13.2 Å². The molecule has 0 aliphatic heterocycles. The van der Waals surface area contributed by atoms with Crippen LogP contribution in [-0.2, 0) is 11.3 Å². The van der Waals surface area contributed by atoms with E-state index in [1.54, 1.807) is 14.2 Å². The molecule has 0 heterocycles. The van der Waals surface area contributed by atoms with Gasteiger partial charge in [-0.1, -0.05) is 6.07 Å². The van der Waals surface area contributed by atoms with E-state index in [0.717, 1.165) is 24.5 Å². The van der Waals surface area contributed by atoms with E-state index in [4.69, 9.17) is 14.2 Å². The predicted molar refractivity (Wildman–Crippen MR) is 72.3 cm³/mol. The number of rotatable bonds is 8. The molecular formula is C14H23NO3. The molecule has 0 radical (unpaired) electrons. The average Bonchev–Trinajstić information content (AvgIpc) is 2.37. The van der Waals surface area contributed by atoms with Gasteiger partial charge in [0.1, 0.15) is 0 Å². The fourth-order valence-corrected chi connectivity index (χ4v) is 1.69. The summed E-state index contributed by atoms with van der Waals surface area (Å²) in [6.45, 7) is 3.54. The first kappa shape index (κ1) is 14.8. The summed E-state index contributed by atoms with van der Waals surface area (Å²) < 4.78 is 16.2. The fourth-order valence-electron chi connectivity index (χ4n) is 1.69. The number of ether oxygens (including phenoxy) is 3. The summed E-state index contributed by atoms with van der Waals surface area (Å²) in [5, 5.41) is 3.12. The molecule has 1 aromatic rings. The van der Waals surface area contributed by atoms with Crippen LogP contribution in [0.3, 0.4) is 0 Å². The second-order valence-electron chi connectivity index (χ2n) is 4.23. The Morgan fingerprint density at radius 3 is 2.61 bits per heavy atom. The maximum atomic E-state index is 5.89. The molecule has 0 aromatic heterocycles. The summed E-state index contributed by atoms with van der Waals surface area (Å²) in [6, 6.07) is 5.98. The van der Waals surface area contributed by atoms with Gasteiger partial charge < -0.3 is 19.5 Å². The Bertz CT molecular complexity index is 355. The molecule has 0 spiro atoms. The lowest BCUT2D eigenvalue weighted by Crippen LogP contribution is -2.15. The van der Waals surface area contributed by atoms with Crippen LogP contribution >= 0.6 is 0 Å². The first-order chi connectivity index (χ1) is 8.71. The molecule has 18 heavy (non-hydrogen) atoms. The molecule has 1 aromatic carbocycles. The van der Waals surface area contributed by atoms with Gasteiger partial charge in [-0.3, -0.25) is 0 Å². The number of hydrogen-bond acceptors (Lipinski definition) is 4. The van der Waals surface area contributed by atoms with Crippen molar-refractivity contribution in [2.24, 2.45) is 0 Å². The Balaban J connectivity index is 2.73. The van der Waals surface area contributed by atoms with E-state index in [-0.39, 0.29) is 6.10 Å². The van der Waals surface area contributed by atoms with E-state index < -0.39 is 0 Å². The fraction of sp³-hybridized carbons (Fsp3) is 0.571. The molecule has 4 heteroatoms. The molecule has 1 rings (SSSR count). The Hall–Kier alpha value is -1.26. The van der Waals surface area contributed by atoms with Gasteiger partial charge in [0.15, 0.2) is 11.5 Å². The highest BCUT2D eigenvalue weighted by Gasteiger charge is 2.10. The van der Waals surface area contributed by atoms with Crippen LogP contribution in [0.4, 0.5) is 0 Å². The van der Waals surface area contributed by atoms with Crippen LogP contribution in [-0.4, -0.2) is 34.0 Å². The van der Waals surface area contributed by atoms with Gasteiger partial charge in [0, 0.05) is 26.7 Å². The lowest BCUT2D eigenvalue weighted by Gasteiger charge is -2.17. The van der Waals surface area contributed by atoms with Crippen molar-refractivity contribution in [3.05, 3.63) is 23.8 Å². The zero-order valence-electron chi connectivity index (χ0n) is 11.7. The second-order valence-corrected chi connectivity index (χ2v) is 4.23. The zero-order valence-corrected chi connectivity index (χ0v) is 11.7. The lowest BCUT2D eigenvalue weighted by molar-refractivity contribution is 0.132. The van der Waals surface area contributed by atoms with Crippen LogP contribution in [0.2, 0.25) is 0 Å². The van der Waals surface area contributed by atoms with Crippen molar-refractivity contribution in [2.75, 3.05) is 27.9 Å². The highest BCUT2D eigenvalue weighted by Crippen LogP contribution is 2.29. The first-order valence-corrected chi connectivity index (χ1v) is 6.18.